The molecule has 0 unspecified atom stereocenters. The SMILES string of the molecule is CN(C(=O)c1cc(S(N)(=O)=O)cn1C)C(C)(C)C(=O)O. The zero-order valence-corrected chi connectivity index (χ0v) is 12.4. The highest BCUT2D eigenvalue weighted by molar-refractivity contribution is 7.89. The van der Waals surface area contributed by atoms with Crippen LogP contribution in [0, 0.1) is 0 Å². The van der Waals surface area contributed by atoms with Crippen LogP contribution in [0.15, 0.2) is 17.2 Å². The van der Waals surface area contributed by atoms with Crippen molar-refractivity contribution in [2.24, 2.45) is 12.2 Å². The van der Waals surface area contributed by atoms with Crippen molar-refractivity contribution in [2.75, 3.05) is 7.05 Å². The minimum absolute atomic E-state index is 0.0332. The van der Waals surface area contributed by atoms with E-state index in [0.29, 0.717) is 0 Å². The average molecular weight is 303 g/mol. The van der Waals surface area contributed by atoms with Crippen molar-refractivity contribution in [1.29, 1.82) is 0 Å². The molecule has 1 aromatic rings. The summed E-state index contributed by atoms with van der Waals surface area (Å²) in [5.41, 5.74) is -1.39. The van der Waals surface area contributed by atoms with E-state index in [1.54, 1.807) is 0 Å². The van der Waals surface area contributed by atoms with Crippen molar-refractivity contribution < 1.29 is 23.1 Å². The van der Waals surface area contributed by atoms with Gasteiger partial charge in [0.1, 0.15) is 16.1 Å². The number of hydrogen-bond donors (Lipinski definition) is 2. The Hall–Kier alpha value is -1.87. The monoisotopic (exact) mass is 303 g/mol. The number of carbonyl (C=O) groups is 2. The summed E-state index contributed by atoms with van der Waals surface area (Å²) < 4.78 is 23.8. The molecule has 112 valence electrons. The molecule has 9 heteroatoms. The largest absolute Gasteiger partial charge is 0.480 e. The number of carboxylic acids is 1. The summed E-state index contributed by atoms with van der Waals surface area (Å²) in [6.07, 6.45) is 1.20. The molecule has 1 amide bonds. The molecule has 1 rings (SSSR count). The molecule has 0 saturated carbocycles. The van der Waals surface area contributed by atoms with Gasteiger partial charge in [-0.1, -0.05) is 0 Å². The normalized spacial score (nSPS) is 12.2. The second kappa shape index (κ2) is 4.91. The van der Waals surface area contributed by atoms with Crippen molar-refractivity contribution in [1.82, 2.24) is 9.47 Å². The van der Waals surface area contributed by atoms with E-state index in [2.05, 4.69) is 0 Å². The molecule has 3 N–H and O–H groups in total. The Balaban J connectivity index is 3.23. The minimum atomic E-state index is -3.92. The van der Waals surface area contributed by atoms with Gasteiger partial charge in [0.15, 0.2) is 0 Å². The van der Waals surface area contributed by atoms with E-state index in [-0.39, 0.29) is 10.6 Å². The van der Waals surface area contributed by atoms with E-state index in [4.69, 9.17) is 10.2 Å². The Morgan fingerprint density at radius 3 is 2.25 bits per heavy atom. The van der Waals surface area contributed by atoms with Gasteiger partial charge in [0.25, 0.3) is 5.91 Å². The zero-order chi connectivity index (χ0) is 15.9. The Bertz CT molecular complexity index is 660. The Morgan fingerprint density at radius 1 is 1.40 bits per heavy atom. The number of hydrogen-bond acceptors (Lipinski definition) is 4. The van der Waals surface area contributed by atoms with Gasteiger partial charge in [0.05, 0.1) is 0 Å². The number of nitrogens with two attached hydrogens (primary N) is 1. The third kappa shape index (κ3) is 2.83. The maximum absolute atomic E-state index is 12.3. The van der Waals surface area contributed by atoms with Crippen LogP contribution in [0.4, 0.5) is 0 Å². The van der Waals surface area contributed by atoms with E-state index in [1.165, 1.54) is 38.7 Å². The molecule has 0 aliphatic rings. The predicted octanol–water partition coefficient (Wildman–Crippen LogP) is -0.392. The van der Waals surface area contributed by atoms with E-state index >= 15 is 0 Å². The topological polar surface area (TPSA) is 123 Å². The van der Waals surface area contributed by atoms with Gasteiger partial charge in [-0.15, -0.1) is 0 Å². The summed E-state index contributed by atoms with van der Waals surface area (Å²) >= 11 is 0. The van der Waals surface area contributed by atoms with Gasteiger partial charge < -0.3 is 14.6 Å². The summed E-state index contributed by atoms with van der Waals surface area (Å²) in [6.45, 7) is 2.74. The fourth-order valence-electron chi connectivity index (χ4n) is 1.47. The second-order valence-corrected chi connectivity index (χ2v) is 6.51. The maximum atomic E-state index is 12.3. The van der Waals surface area contributed by atoms with Gasteiger partial charge in [0.2, 0.25) is 10.0 Å². The summed E-state index contributed by atoms with van der Waals surface area (Å²) in [6, 6.07) is 1.12. The summed E-state index contributed by atoms with van der Waals surface area (Å²) in [4.78, 5) is 24.2. The van der Waals surface area contributed by atoms with Crippen LogP contribution in [0.2, 0.25) is 0 Å². The number of carboxylic acid groups (broad SMARTS) is 1. The smallest absolute Gasteiger partial charge is 0.329 e. The minimum Gasteiger partial charge on any atom is -0.480 e. The van der Waals surface area contributed by atoms with Crippen LogP contribution >= 0.6 is 0 Å². The van der Waals surface area contributed by atoms with Crippen LogP contribution in [0.1, 0.15) is 24.3 Å². The molecule has 8 nitrogen and oxygen atoms in total. The van der Waals surface area contributed by atoms with Crippen molar-refractivity contribution in [3.63, 3.8) is 0 Å². The molecule has 0 atom stereocenters. The highest BCUT2D eigenvalue weighted by Crippen LogP contribution is 2.19. The molecule has 0 saturated heterocycles. The van der Waals surface area contributed by atoms with E-state index in [0.717, 1.165) is 11.0 Å². The van der Waals surface area contributed by atoms with Crippen LogP contribution in [-0.2, 0) is 21.9 Å². The summed E-state index contributed by atoms with van der Waals surface area (Å²) in [5, 5.41) is 14.1. The number of aromatic nitrogens is 1. The van der Waals surface area contributed by atoms with E-state index < -0.39 is 27.4 Å². The number of amides is 1. The molecule has 20 heavy (non-hydrogen) atoms. The number of sulfonamides is 1. The van der Waals surface area contributed by atoms with Crippen LogP contribution in [0.3, 0.4) is 0 Å². The second-order valence-electron chi connectivity index (χ2n) is 4.95. The van der Waals surface area contributed by atoms with Crippen molar-refractivity contribution >= 4 is 21.9 Å². The van der Waals surface area contributed by atoms with Crippen LogP contribution in [0.5, 0.6) is 0 Å². The zero-order valence-electron chi connectivity index (χ0n) is 11.6. The molecule has 0 bridgehead atoms. The molecule has 0 aliphatic carbocycles. The average Bonchev–Trinajstić information content (AvgIpc) is 2.68. The number of carbonyl (C=O) groups excluding carboxylic acids is 1. The quantitative estimate of drug-likeness (QED) is 0.784. The molecular weight excluding hydrogens is 286 g/mol. The third-order valence-electron chi connectivity index (χ3n) is 3.19. The van der Waals surface area contributed by atoms with Gasteiger partial charge in [-0.3, -0.25) is 4.79 Å². The lowest BCUT2D eigenvalue weighted by Gasteiger charge is -2.31. The lowest BCUT2D eigenvalue weighted by Crippen LogP contribution is -2.51. The first-order valence-corrected chi connectivity index (χ1v) is 7.14. The summed E-state index contributed by atoms with van der Waals surface area (Å²) in [5.74, 6) is -1.79. The molecule has 0 fully saturated rings. The molecule has 0 aliphatic heterocycles. The number of likely N-dealkylation sites (N-methyl/N-ethyl adjacent to an activating group) is 1. The standard InChI is InChI=1S/C11H17N3O5S/c1-11(2,10(16)17)14(4)9(15)8-5-7(6-13(8)3)20(12,18)19/h5-6H,1-4H3,(H,16,17)(H2,12,18,19). The maximum Gasteiger partial charge on any atom is 0.329 e. The molecule has 1 heterocycles. The highest BCUT2D eigenvalue weighted by Gasteiger charge is 2.36. The van der Waals surface area contributed by atoms with Gasteiger partial charge in [-0.05, 0) is 19.9 Å². The third-order valence-corrected chi connectivity index (χ3v) is 4.07. The highest BCUT2D eigenvalue weighted by atomic mass is 32.2. The number of rotatable bonds is 4. The van der Waals surface area contributed by atoms with Gasteiger partial charge in [-0.2, -0.15) is 0 Å². The molecule has 0 radical (unpaired) electrons. The molecular formula is C11H17N3O5S. The van der Waals surface area contributed by atoms with Crippen LogP contribution < -0.4 is 5.14 Å². The Labute approximate surface area is 116 Å². The number of aliphatic carboxylic acids is 1. The Kier molecular flexibility index (Phi) is 3.97. The number of nitrogens with zero attached hydrogens (tertiary/aromatic N) is 2. The van der Waals surface area contributed by atoms with Gasteiger partial charge in [0, 0.05) is 20.3 Å². The van der Waals surface area contributed by atoms with E-state index in [1.807, 2.05) is 0 Å². The molecule has 0 aromatic carbocycles. The molecule has 1 aromatic heterocycles. The first-order valence-electron chi connectivity index (χ1n) is 5.59. The van der Waals surface area contributed by atoms with E-state index in [9.17, 15) is 18.0 Å². The van der Waals surface area contributed by atoms with Gasteiger partial charge in [-0.25, -0.2) is 18.4 Å². The first kappa shape index (κ1) is 16.2. The van der Waals surface area contributed by atoms with Crippen molar-refractivity contribution in [3.8, 4) is 0 Å². The first-order chi connectivity index (χ1) is 8.89. The fourth-order valence-corrected chi connectivity index (χ4v) is 2.05. The van der Waals surface area contributed by atoms with Gasteiger partial charge >= 0.3 is 5.97 Å². The summed E-state index contributed by atoms with van der Waals surface area (Å²) in [7, 11) is -1.11. The number of aryl methyl sites for hydroxylation is 1. The predicted molar refractivity (Wildman–Crippen MR) is 70.6 cm³/mol. The lowest BCUT2D eigenvalue weighted by atomic mass is 10.0. The van der Waals surface area contributed by atoms with Crippen molar-refractivity contribution in [3.05, 3.63) is 18.0 Å². The molecule has 0 spiro atoms. The fraction of sp³-hybridized carbons (Fsp3) is 0.455. The Morgan fingerprint density at radius 2 is 1.90 bits per heavy atom. The van der Waals surface area contributed by atoms with Crippen molar-refractivity contribution in [2.45, 2.75) is 24.3 Å². The number of primary sulfonamides is 1. The lowest BCUT2D eigenvalue weighted by molar-refractivity contribution is -0.147. The van der Waals surface area contributed by atoms with Crippen LogP contribution in [0.25, 0.3) is 0 Å². The van der Waals surface area contributed by atoms with Crippen LogP contribution in [-0.4, -0.2) is 47.5 Å².